The topological polar surface area (TPSA) is 127 Å². The first kappa shape index (κ1) is 24.6. The Labute approximate surface area is 203 Å². The van der Waals surface area contributed by atoms with E-state index in [-0.39, 0.29) is 22.2 Å². The van der Waals surface area contributed by atoms with Crippen molar-refractivity contribution in [1.29, 1.82) is 0 Å². The van der Waals surface area contributed by atoms with E-state index in [0.29, 0.717) is 17.2 Å². The molecule has 184 valence electrons. The van der Waals surface area contributed by atoms with Crippen molar-refractivity contribution in [2.24, 2.45) is 0 Å². The lowest BCUT2D eigenvalue weighted by Crippen LogP contribution is -2.38. The van der Waals surface area contributed by atoms with Crippen molar-refractivity contribution in [3.05, 3.63) is 76.0 Å². The smallest absolute Gasteiger partial charge is 0.269 e. The van der Waals surface area contributed by atoms with E-state index in [1.54, 1.807) is 32.2 Å². The minimum atomic E-state index is -3.74. The molecule has 1 amide bonds. The maximum atomic E-state index is 13.2. The number of sulfonamides is 1. The number of nitrogens with zero attached hydrogens (tertiary/aromatic N) is 4. The fourth-order valence-electron chi connectivity index (χ4n) is 4.29. The predicted octanol–water partition coefficient (Wildman–Crippen LogP) is 4.29. The first-order valence-electron chi connectivity index (χ1n) is 11.4. The minimum Gasteiger partial charge on any atom is -0.306 e. The third-order valence-corrected chi connectivity index (χ3v) is 8.15. The second kappa shape index (κ2) is 9.96. The number of nitrogens with one attached hydrogen (secondary N) is 1. The van der Waals surface area contributed by atoms with E-state index in [2.05, 4.69) is 10.4 Å². The Balaban J connectivity index is 1.57. The third kappa shape index (κ3) is 5.25. The zero-order valence-electron chi connectivity index (χ0n) is 19.5. The van der Waals surface area contributed by atoms with Crippen LogP contribution >= 0.6 is 0 Å². The quantitative estimate of drug-likeness (QED) is 0.383. The van der Waals surface area contributed by atoms with Gasteiger partial charge in [0.15, 0.2) is 0 Å². The first-order chi connectivity index (χ1) is 16.7. The lowest BCUT2D eigenvalue weighted by atomic mass is 9.96. The normalized spacial score (nSPS) is 14.7. The van der Waals surface area contributed by atoms with Crippen LogP contribution in [0.4, 0.5) is 11.5 Å². The Morgan fingerprint density at radius 2 is 1.80 bits per heavy atom. The van der Waals surface area contributed by atoms with Gasteiger partial charge in [0.25, 0.3) is 11.6 Å². The van der Waals surface area contributed by atoms with Gasteiger partial charge < -0.3 is 5.32 Å². The van der Waals surface area contributed by atoms with Gasteiger partial charge >= 0.3 is 0 Å². The van der Waals surface area contributed by atoms with Gasteiger partial charge in [-0.15, -0.1) is 0 Å². The van der Waals surface area contributed by atoms with Crippen LogP contribution in [-0.4, -0.2) is 46.4 Å². The van der Waals surface area contributed by atoms with E-state index in [4.69, 9.17) is 0 Å². The van der Waals surface area contributed by atoms with Gasteiger partial charge in [0, 0.05) is 36.9 Å². The molecule has 1 aliphatic carbocycles. The lowest BCUT2D eigenvalue weighted by Gasteiger charge is -2.30. The molecule has 1 N–H and O–H groups in total. The fraction of sp³-hybridized carbons (Fsp3) is 0.333. The molecule has 0 saturated heterocycles. The molecule has 1 heterocycles. The van der Waals surface area contributed by atoms with E-state index >= 15 is 0 Å². The average molecular weight is 498 g/mol. The van der Waals surface area contributed by atoms with Gasteiger partial charge in [-0.3, -0.25) is 14.9 Å². The zero-order chi connectivity index (χ0) is 25.2. The second-order valence-electron chi connectivity index (χ2n) is 8.65. The van der Waals surface area contributed by atoms with E-state index in [0.717, 1.165) is 32.1 Å². The van der Waals surface area contributed by atoms with Crippen molar-refractivity contribution in [1.82, 2.24) is 14.1 Å². The highest BCUT2D eigenvalue weighted by Crippen LogP contribution is 2.27. The molecule has 3 aromatic rings. The standard InChI is InChI=1S/C24H27N5O5S/c1-17-15-23(28(26-17)20-11-13-21(14-12-20)29(31)32)25-24(30)18-7-6-10-22(16-18)35(33,34)27(2)19-8-4-3-5-9-19/h6-7,10-16,19H,3-5,8-9H2,1-2H3,(H,25,30). The molecular weight excluding hydrogens is 470 g/mol. The fourth-order valence-corrected chi connectivity index (χ4v) is 5.76. The van der Waals surface area contributed by atoms with Crippen LogP contribution in [0.15, 0.2) is 59.5 Å². The molecule has 4 rings (SSSR count). The molecule has 0 unspecified atom stereocenters. The highest BCUT2D eigenvalue weighted by atomic mass is 32.2. The summed E-state index contributed by atoms with van der Waals surface area (Å²) in [6.45, 7) is 1.76. The number of non-ortho nitro benzene ring substituents is 1. The number of nitro groups is 1. The maximum Gasteiger partial charge on any atom is 0.269 e. The van der Waals surface area contributed by atoms with Gasteiger partial charge in [-0.25, -0.2) is 13.1 Å². The second-order valence-corrected chi connectivity index (χ2v) is 10.6. The number of benzene rings is 2. The summed E-state index contributed by atoms with van der Waals surface area (Å²) >= 11 is 0. The summed E-state index contributed by atoms with van der Waals surface area (Å²) in [5, 5.41) is 18.1. The number of carbonyl (C=O) groups is 1. The van der Waals surface area contributed by atoms with Crippen molar-refractivity contribution in [2.45, 2.75) is 50.0 Å². The summed E-state index contributed by atoms with van der Waals surface area (Å²) in [5.74, 6) is -0.139. The summed E-state index contributed by atoms with van der Waals surface area (Å²) in [6.07, 6.45) is 4.81. The maximum absolute atomic E-state index is 13.2. The predicted molar refractivity (Wildman–Crippen MR) is 131 cm³/mol. The van der Waals surface area contributed by atoms with Crippen LogP contribution in [0.1, 0.15) is 48.2 Å². The summed E-state index contributed by atoms with van der Waals surface area (Å²) in [4.78, 5) is 23.6. The van der Waals surface area contributed by atoms with Crippen molar-refractivity contribution < 1.29 is 18.1 Å². The van der Waals surface area contributed by atoms with E-state index in [1.807, 2.05) is 0 Å². The largest absolute Gasteiger partial charge is 0.306 e. The van der Waals surface area contributed by atoms with Crippen LogP contribution in [0, 0.1) is 17.0 Å². The SMILES string of the molecule is Cc1cc(NC(=O)c2cccc(S(=O)(=O)N(C)C3CCCCC3)c2)n(-c2ccc([N+](=O)[O-])cc2)n1. The van der Waals surface area contributed by atoms with E-state index in [1.165, 1.54) is 45.4 Å². The molecule has 35 heavy (non-hydrogen) atoms. The molecule has 1 saturated carbocycles. The van der Waals surface area contributed by atoms with Gasteiger partial charge in [0.2, 0.25) is 10.0 Å². The Morgan fingerprint density at radius 3 is 2.46 bits per heavy atom. The molecule has 0 aliphatic heterocycles. The lowest BCUT2D eigenvalue weighted by molar-refractivity contribution is -0.384. The molecule has 1 aliphatic rings. The van der Waals surface area contributed by atoms with Crippen LogP contribution in [-0.2, 0) is 10.0 Å². The first-order valence-corrected chi connectivity index (χ1v) is 12.8. The summed E-state index contributed by atoms with van der Waals surface area (Å²) < 4.78 is 29.3. The van der Waals surface area contributed by atoms with Gasteiger partial charge in [0.1, 0.15) is 5.82 Å². The number of anilines is 1. The van der Waals surface area contributed by atoms with Crippen LogP contribution in [0.25, 0.3) is 5.69 Å². The van der Waals surface area contributed by atoms with Crippen LogP contribution in [0.3, 0.4) is 0 Å². The number of aryl methyl sites for hydroxylation is 1. The number of aromatic nitrogens is 2. The van der Waals surface area contributed by atoms with Crippen molar-refractivity contribution in [2.75, 3.05) is 12.4 Å². The van der Waals surface area contributed by atoms with Gasteiger partial charge in [-0.1, -0.05) is 25.3 Å². The molecule has 0 spiro atoms. The number of hydrogen-bond acceptors (Lipinski definition) is 6. The Kier molecular flexibility index (Phi) is 6.99. The molecule has 0 radical (unpaired) electrons. The molecule has 0 atom stereocenters. The Morgan fingerprint density at radius 1 is 1.11 bits per heavy atom. The molecule has 11 heteroatoms. The molecule has 1 fully saturated rings. The zero-order valence-corrected chi connectivity index (χ0v) is 20.4. The third-order valence-electron chi connectivity index (χ3n) is 6.24. The number of amides is 1. The molecule has 2 aromatic carbocycles. The number of hydrogen-bond donors (Lipinski definition) is 1. The number of carbonyl (C=O) groups excluding carboxylic acids is 1. The van der Waals surface area contributed by atoms with Crippen molar-refractivity contribution in [3.63, 3.8) is 0 Å². The minimum absolute atomic E-state index is 0.0368. The average Bonchev–Trinajstić information content (AvgIpc) is 3.23. The molecule has 10 nitrogen and oxygen atoms in total. The monoisotopic (exact) mass is 497 g/mol. The van der Waals surface area contributed by atoms with Crippen LogP contribution < -0.4 is 5.32 Å². The van der Waals surface area contributed by atoms with Crippen LogP contribution in [0.2, 0.25) is 0 Å². The summed E-state index contributed by atoms with van der Waals surface area (Å²) in [7, 11) is -2.14. The summed E-state index contributed by atoms with van der Waals surface area (Å²) in [5.41, 5.74) is 1.30. The molecular formula is C24H27N5O5S. The number of rotatable bonds is 7. The summed E-state index contributed by atoms with van der Waals surface area (Å²) in [6, 6.07) is 13.4. The highest BCUT2D eigenvalue weighted by molar-refractivity contribution is 7.89. The molecule has 0 bridgehead atoms. The van der Waals surface area contributed by atoms with E-state index < -0.39 is 20.9 Å². The van der Waals surface area contributed by atoms with Crippen LogP contribution in [0.5, 0.6) is 0 Å². The van der Waals surface area contributed by atoms with Crippen molar-refractivity contribution >= 4 is 27.4 Å². The van der Waals surface area contributed by atoms with E-state index in [9.17, 15) is 23.3 Å². The van der Waals surface area contributed by atoms with Gasteiger partial charge in [-0.05, 0) is 50.1 Å². The van der Waals surface area contributed by atoms with Crippen molar-refractivity contribution in [3.8, 4) is 5.69 Å². The Hall–Kier alpha value is -3.57. The number of nitro benzene ring substituents is 1. The van der Waals surface area contributed by atoms with Gasteiger partial charge in [-0.2, -0.15) is 9.40 Å². The molecule has 1 aromatic heterocycles. The highest BCUT2D eigenvalue weighted by Gasteiger charge is 2.29. The van der Waals surface area contributed by atoms with Gasteiger partial charge in [0.05, 0.1) is 21.2 Å². The Bertz CT molecular complexity index is 1340.